The van der Waals surface area contributed by atoms with E-state index in [0.29, 0.717) is 30.9 Å². The van der Waals surface area contributed by atoms with Gasteiger partial charge in [-0.05, 0) is 67.4 Å². The molecule has 2 fully saturated rings. The lowest BCUT2D eigenvalue weighted by Gasteiger charge is -2.63. The summed E-state index contributed by atoms with van der Waals surface area (Å²) < 4.78 is 11.4. The van der Waals surface area contributed by atoms with Gasteiger partial charge in [0.25, 0.3) is 0 Å². The number of aliphatic hydroxyl groups is 2. The van der Waals surface area contributed by atoms with Gasteiger partial charge in [-0.25, -0.2) is 0 Å². The molecule has 0 aromatic heterocycles. The van der Waals surface area contributed by atoms with Gasteiger partial charge >= 0.3 is 5.97 Å². The van der Waals surface area contributed by atoms with Gasteiger partial charge in [0.2, 0.25) is 0 Å². The summed E-state index contributed by atoms with van der Waals surface area (Å²) in [4.78, 5) is 11.6. The minimum atomic E-state index is -0.881. The third-order valence-electron chi connectivity index (χ3n) is 8.53. The first-order valence-electron chi connectivity index (χ1n) is 10.9. The predicted molar refractivity (Wildman–Crippen MR) is 110 cm³/mol. The molecule has 0 radical (unpaired) electrons. The number of carbonyl (C=O) groups is 1. The van der Waals surface area contributed by atoms with Crippen LogP contribution in [0.3, 0.4) is 0 Å². The first-order valence-corrected chi connectivity index (χ1v) is 10.9. The Hall–Kier alpha value is -1.59. The average Bonchev–Trinajstić information content (AvgIpc) is 2.65. The van der Waals surface area contributed by atoms with E-state index < -0.39 is 5.60 Å². The molecule has 5 nitrogen and oxygen atoms in total. The van der Waals surface area contributed by atoms with Gasteiger partial charge in [0, 0.05) is 12.0 Å². The maximum Gasteiger partial charge on any atom is 0.311 e. The minimum absolute atomic E-state index is 0.00776. The molecule has 0 bridgehead atoms. The fourth-order valence-corrected chi connectivity index (χ4v) is 6.23. The zero-order chi connectivity index (χ0) is 21.0. The van der Waals surface area contributed by atoms with E-state index in [1.165, 1.54) is 0 Å². The van der Waals surface area contributed by atoms with Crippen LogP contribution in [0.4, 0.5) is 0 Å². The number of aliphatic hydroxyl groups excluding tert-OH is 1. The molecule has 1 aromatic carbocycles. The Balaban J connectivity index is 1.49. The second kappa shape index (κ2) is 6.98. The van der Waals surface area contributed by atoms with Gasteiger partial charge in [0.1, 0.15) is 11.5 Å². The molecule has 2 N–H and O–H groups in total. The van der Waals surface area contributed by atoms with Crippen LogP contribution in [-0.2, 0) is 11.2 Å². The summed E-state index contributed by atoms with van der Waals surface area (Å²) in [5.74, 6) is 1.33. The molecule has 1 heterocycles. The molecule has 2 saturated carbocycles. The second-order valence-electron chi connectivity index (χ2n) is 10.3. The number of esters is 1. The normalized spacial score (nSPS) is 38.6. The van der Waals surface area contributed by atoms with E-state index in [1.54, 1.807) is 6.07 Å². The lowest BCUT2D eigenvalue weighted by molar-refractivity contribution is -0.227. The summed E-state index contributed by atoms with van der Waals surface area (Å²) in [5, 5.41) is 22.2. The number of carbonyl (C=O) groups excluding carboxylic acids is 1. The smallest absolute Gasteiger partial charge is 0.311 e. The number of aryl methyl sites for hydroxylation is 1. The molecule has 0 amide bonds. The van der Waals surface area contributed by atoms with Crippen LogP contribution in [-0.4, -0.2) is 34.5 Å². The van der Waals surface area contributed by atoms with E-state index in [-0.39, 0.29) is 34.7 Å². The van der Waals surface area contributed by atoms with E-state index in [4.69, 9.17) is 9.47 Å². The van der Waals surface area contributed by atoms with Crippen molar-refractivity contribution in [2.45, 2.75) is 77.9 Å². The maximum absolute atomic E-state index is 11.7. The zero-order valence-electron chi connectivity index (χ0n) is 18.0. The van der Waals surface area contributed by atoms with Crippen molar-refractivity contribution in [3.8, 4) is 11.5 Å². The Bertz CT molecular complexity index is 798. The van der Waals surface area contributed by atoms with Crippen molar-refractivity contribution in [2.24, 2.45) is 22.7 Å². The molecule has 29 heavy (non-hydrogen) atoms. The van der Waals surface area contributed by atoms with Crippen molar-refractivity contribution in [1.82, 2.24) is 0 Å². The standard InChI is InChI=1S/C24H34O5/c1-22(2)19-9-7-16(24(4,27)23(19,3)12-11-20(22)25)14-28-17-8-5-15-6-10-21(26)29-18(15)13-17/h5,8,13,16,19-20,25,27H,6-7,9-12,14H2,1-4H3. The monoisotopic (exact) mass is 402 g/mol. The van der Waals surface area contributed by atoms with Crippen LogP contribution in [0.2, 0.25) is 0 Å². The third kappa shape index (κ3) is 3.27. The van der Waals surface area contributed by atoms with Gasteiger partial charge in [-0.3, -0.25) is 4.79 Å². The van der Waals surface area contributed by atoms with E-state index in [2.05, 4.69) is 20.8 Å². The number of benzene rings is 1. The SMILES string of the molecule is CC1(C)C(O)CCC2(C)C1CCC(COc1ccc3c(c1)OC(=O)CC3)C2(C)O. The Kier molecular flexibility index (Phi) is 4.98. The summed E-state index contributed by atoms with van der Waals surface area (Å²) in [5.41, 5.74) is -0.313. The molecule has 5 heteroatoms. The molecule has 2 aliphatic carbocycles. The van der Waals surface area contributed by atoms with Crippen molar-refractivity contribution in [3.05, 3.63) is 23.8 Å². The number of hydrogen-bond acceptors (Lipinski definition) is 5. The number of fused-ring (bicyclic) bond motifs is 2. The average molecular weight is 403 g/mol. The number of rotatable bonds is 3. The molecule has 0 saturated heterocycles. The Morgan fingerprint density at radius 3 is 2.66 bits per heavy atom. The van der Waals surface area contributed by atoms with Crippen LogP contribution in [0.1, 0.15) is 65.4 Å². The first-order chi connectivity index (χ1) is 13.6. The summed E-state index contributed by atoms with van der Waals surface area (Å²) in [7, 11) is 0. The van der Waals surface area contributed by atoms with Crippen LogP contribution in [0.25, 0.3) is 0 Å². The molecule has 4 rings (SSSR count). The Morgan fingerprint density at radius 2 is 1.90 bits per heavy atom. The summed E-state index contributed by atoms with van der Waals surface area (Å²) in [6.45, 7) is 8.85. The predicted octanol–water partition coefficient (Wildman–Crippen LogP) is 3.88. The molecular formula is C24H34O5. The van der Waals surface area contributed by atoms with Crippen molar-refractivity contribution in [2.75, 3.05) is 6.61 Å². The molecule has 1 aromatic rings. The maximum atomic E-state index is 11.7. The largest absolute Gasteiger partial charge is 0.493 e. The highest BCUT2D eigenvalue weighted by Gasteiger charge is 2.62. The van der Waals surface area contributed by atoms with E-state index >= 15 is 0 Å². The summed E-state index contributed by atoms with van der Waals surface area (Å²) in [6.07, 6.45) is 4.19. The molecule has 3 aliphatic rings. The van der Waals surface area contributed by atoms with Crippen molar-refractivity contribution >= 4 is 5.97 Å². The van der Waals surface area contributed by atoms with Gasteiger partial charge in [-0.15, -0.1) is 0 Å². The lowest BCUT2D eigenvalue weighted by atomic mass is 9.44. The Morgan fingerprint density at radius 1 is 1.14 bits per heavy atom. The van der Waals surface area contributed by atoms with Crippen LogP contribution in [0.5, 0.6) is 11.5 Å². The van der Waals surface area contributed by atoms with Gasteiger partial charge in [-0.1, -0.05) is 26.8 Å². The molecular weight excluding hydrogens is 368 g/mol. The van der Waals surface area contributed by atoms with E-state index in [9.17, 15) is 15.0 Å². The van der Waals surface area contributed by atoms with Crippen molar-refractivity contribution in [1.29, 1.82) is 0 Å². The van der Waals surface area contributed by atoms with Crippen LogP contribution < -0.4 is 9.47 Å². The topological polar surface area (TPSA) is 76.0 Å². The molecule has 5 unspecified atom stereocenters. The zero-order valence-corrected chi connectivity index (χ0v) is 18.0. The molecule has 160 valence electrons. The first kappa shape index (κ1) is 20.7. The minimum Gasteiger partial charge on any atom is -0.493 e. The third-order valence-corrected chi connectivity index (χ3v) is 8.53. The van der Waals surface area contributed by atoms with Crippen LogP contribution in [0.15, 0.2) is 18.2 Å². The van der Waals surface area contributed by atoms with Gasteiger partial charge in [0.05, 0.1) is 24.7 Å². The quantitative estimate of drug-likeness (QED) is 0.593. The lowest BCUT2D eigenvalue weighted by Crippen LogP contribution is -2.64. The highest BCUT2D eigenvalue weighted by atomic mass is 16.5. The van der Waals surface area contributed by atoms with Crippen molar-refractivity contribution in [3.63, 3.8) is 0 Å². The number of ether oxygens (including phenoxy) is 2. The number of hydrogen-bond donors (Lipinski definition) is 2. The van der Waals surface area contributed by atoms with Crippen LogP contribution >= 0.6 is 0 Å². The highest BCUT2D eigenvalue weighted by Crippen LogP contribution is 2.62. The highest BCUT2D eigenvalue weighted by molar-refractivity contribution is 5.75. The fraction of sp³-hybridized carbons (Fsp3) is 0.708. The second-order valence-corrected chi connectivity index (χ2v) is 10.3. The van der Waals surface area contributed by atoms with Gasteiger partial charge in [0.15, 0.2) is 0 Å². The van der Waals surface area contributed by atoms with E-state index in [0.717, 1.165) is 31.2 Å². The van der Waals surface area contributed by atoms with Gasteiger partial charge < -0.3 is 19.7 Å². The summed E-state index contributed by atoms with van der Waals surface area (Å²) in [6, 6.07) is 5.66. The molecule has 0 spiro atoms. The fourth-order valence-electron chi connectivity index (χ4n) is 6.23. The van der Waals surface area contributed by atoms with Gasteiger partial charge in [-0.2, -0.15) is 0 Å². The van der Waals surface area contributed by atoms with Crippen molar-refractivity contribution < 1.29 is 24.5 Å². The molecule has 1 aliphatic heterocycles. The van der Waals surface area contributed by atoms with E-state index in [1.807, 2.05) is 19.1 Å². The summed E-state index contributed by atoms with van der Waals surface area (Å²) >= 11 is 0. The molecule has 5 atom stereocenters. The Labute approximate surface area is 173 Å². The van der Waals surface area contributed by atoms with Crippen LogP contribution in [0, 0.1) is 22.7 Å².